The van der Waals surface area contributed by atoms with Crippen molar-refractivity contribution in [1.29, 1.82) is 0 Å². The Labute approximate surface area is 111 Å². The molecule has 0 spiro atoms. The molecule has 2 aliphatic carbocycles. The molecule has 2 heteroatoms. The highest BCUT2D eigenvalue weighted by Crippen LogP contribution is 2.54. The van der Waals surface area contributed by atoms with E-state index < -0.39 is 0 Å². The van der Waals surface area contributed by atoms with E-state index in [0.29, 0.717) is 24.4 Å². The summed E-state index contributed by atoms with van der Waals surface area (Å²) in [7, 11) is 0. The summed E-state index contributed by atoms with van der Waals surface area (Å²) in [5.74, 6) is 1.12. The number of rotatable bonds is 4. The second-order valence-corrected chi connectivity index (χ2v) is 6.17. The molecule has 0 amide bonds. The van der Waals surface area contributed by atoms with Crippen LogP contribution in [0.1, 0.15) is 59.3 Å². The van der Waals surface area contributed by atoms with Gasteiger partial charge >= 0.3 is 5.97 Å². The Morgan fingerprint density at radius 2 is 2.33 bits per heavy atom. The van der Waals surface area contributed by atoms with Gasteiger partial charge in [-0.05, 0) is 43.4 Å². The molecule has 0 saturated heterocycles. The summed E-state index contributed by atoms with van der Waals surface area (Å²) in [4.78, 5) is 11.6. The Morgan fingerprint density at radius 1 is 1.56 bits per heavy atom. The zero-order valence-corrected chi connectivity index (χ0v) is 12.0. The summed E-state index contributed by atoms with van der Waals surface area (Å²) in [5.41, 5.74) is 1.89. The van der Waals surface area contributed by atoms with E-state index in [2.05, 4.69) is 19.9 Å². The fourth-order valence-corrected chi connectivity index (χ4v) is 4.01. The lowest BCUT2D eigenvalue weighted by Crippen LogP contribution is -2.31. The average molecular weight is 250 g/mol. The molecule has 18 heavy (non-hydrogen) atoms. The van der Waals surface area contributed by atoms with Gasteiger partial charge in [-0.15, -0.1) is 0 Å². The second-order valence-electron chi connectivity index (χ2n) is 6.17. The Balaban J connectivity index is 2.02. The topological polar surface area (TPSA) is 26.3 Å². The molecule has 3 atom stereocenters. The molecule has 2 unspecified atom stereocenters. The van der Waals surface area contributed by atoms with Crippen molar-refractivity contribution in [2.45, 2.75) is 59.3 Å². The van der Waals surface area contributed by atoms with Crippen LogP contribution in [-0.2, 0) is 9.53 Å². The number of hydrogen-bond acceptors (Lipinski definition) is 2. The maximum Gasteiger partial charge on any atom is 0.306 e. The number of carbonyl (C=O) groups excluding carboxylic acids is 1. The van der Waals surface area contributed by atoms with Crippen LogP contribution >= 0.6 is 0 Å². The molecular formula is C16H26O2. The molecule has 0 aliphatic heterocycles. The monoisotopic (exact) mass is 250 g/mol. The molecule has 0 heterocycles. The van der Waals surface area contributed by atoms with Crippen molar-refractivity contribution in [2.75, 3.05) is 6.61 Å². The minimum Gasteiger partial charge on any atom is -0.466 e. The van der Waals surface area contributed by atoms with E-state index in [-0.39, 0.29) is 5.97 Å². The molecule has 102 valence electrons. The van der Waals surface area contributed by atoms with Crippen molar-refractivity contribution in [2.24, 2.45) is 17.3 Å². The molecular weight excluding hydrogens is 224 g/mol. The van der Waals surface area contributed by atoms with Gasteiger partial charge in [0.1, 0.15) is 0 Å². The number of esters is 1. The minimum absolute atomic E-state index is 0.0474. The van der Waals surface area contributed by atoms with Crippen LogP contribution in [0, 0.1) is 17.3 Å². The van der Waals surface area contributed by atoms with E-state index in [9.17, 15) is 4.79 Å². The first kappa shape index (κ1) is 13.6. The third-order valence-corrected chi connectivity index (χ3v) is 4.99. The predicted molar refractivity (Wildman–Crippen MR) is 73.2 cm³/mol. The van der Waals surface area contributed by atoms with Crippen molar-refractivity contribution in [1.82, 2.24) is 0 Å². The zero-order valence-electron chi connectivity index (χ0n) is 12.0. The van der Waals surface area contributed by atoms with Gasteiger partial charge in [0.2, 0.25) is 0 Å². The largest absolute Gasteiger partial charge is 0.466 e. The number of allylic oxidation sites excluding steroid dienone is 2. The van der Waals surface area contributed by atoms with Gasteiger partial charge in [0, 0.05) is 0 Å². The lowest BCUT2D eigenvalue weighted by molar-refractivity contribution is -0.143. The predicted octanol–water partition coefficient (Wildman–Crippen LogP) is 4.10. The first-order valence-electron chi connectivity index (χ1n) is 7.44. The average Bonchev–Trinajstić information content (AvgIpc) is 2.66. The van der Waals surface area contributed by atoms with Crippen LogP contribution in [0.15, 0.2) is 11.6 Å². The van der Waals surface area contributed by atoms with E-state index in [1.807, 2.05) is 6.92 Å². The molecule has 0 radical (unpaired) electrons. The van der Waals surface area contributed by atoms with E-state index in [1.165, 1.54) is 37.7 Å². The minimum atomic E-state index is -0.0474. The van der Waals surface area contributed by atoms with Crippen LogP contribution in [-0.4, -0.2) is 12.6 Å². The highest BCUT2D eigenvalue weighted by atomic mass is 16.5. The molecule has 0 bridgehead atoms. The third kappa shape index (κ3) is 2.48. The van der Waals surface area contributed by atoms with Crippen LogP contribution < -0.4 is 0 Å². The Bertz CT molecular complexity index is 345. The zero-order chi connectivity index (χ0) is 13.2. The Kier molecular flexibility index (Phi) is 4.14. The van der Waals surface area contributed by atoms with E-state index >= 15 is 0 Å². The number of hydrogen-bond donors (Lipinski definition) is 0. The van der Waals surface area contributed by atoms with E-state index in [4.69, 9.17) is 4.74 Å². The van der Waals surface area contributed by atoms with E-state index in [1.54, 1.807) is 0 Å². The molecule has 1 saturated carbocycles. The lowest BCUT2D eigenvalue weighted by Gasteiger charge is -2.41. The van der Waals surface area contributed by atoms with Crippen molar-refractivity contribution in [3.8, 4) is 0 Å². The lowest BCUT2D eigenvalue weighted by atomic mass is 9.64. The smallest absolute Gasteiger partial charge is 0.306 e. The number of carbonyl (C=O) groups is 1. The first-order valence-corrected chi connectivity index (χ1v) is 7.44. The standard InChI is InChI=1S/C16H26O2/c1-4-18-15(17)11-12(2)14-9-8-13-7-5-6-10-16(13,14)3/h9,12-13H,4-8,10-11H2,1-3H3/t12-,13?,16?/m0/s1. The van der Waals surface area contributed by atoms with Gasteiger partial charge in [-0.25, -0.2) is 0 Å². The second kappa shape index (κ2) is 5.46. The van der Waals surface area contributed by atoms with Crippen LogP contribution in [0.3, 0.4) is 0 Å². The van der Waals surface area contributed by atoms with Gasteiger partial charge in [-0.1, -0.05) is 38.3 Å². The highest BCUT2D eigenvalue weighted by Gasteiger charge is 2.44. The van der Waals surface area contributed by atoms with Crippen molar-refractivity contribution >= 4 is 5.97 Å². The van der Waals surface area contributed by atoms with Gasteiger partial charge in [0.05, 0.1) is 13.0 Å². The molecule has 2 nitrogen and oxygen atoms in total. The summed E-state index contributed by atoms with van der Waals surface area (Å²) < 4.78 is 5.07. The van der Waals surface area contributed by atoms with Gasteiger partial charge in [-0.3, -0.25) is 4.79 Å². The summed E-state index contributed by atoms with van der Waals surface area (Å²) >= 11 is 0. The fraction of sp³-hybridized carbons (Fsp3) is 0.812. The summed E-state index contributed by atoms with van der Waals surface area (Å²) in [6.45, 7) is 6.96. The van der Waals surface area contributed by atoms with Crippen molar-refractivity contribution in [3.05, 3.63) is 11.6 Å². The molecule has 2 rings (SSSR count). The highest BCUT2D eigenvalue weighted by molar-refractivity contribution is 5.70. The SMILES string of the molecule is CCOC(=O)C[C@H](C)C1=CCC2CCCCC12C. The molecule has 0 N–H and O–H groups in total. The molecule has 0 aromatic heterocycles. The normalized spacial score (nSPS) is 32.6. The summed E-state index contributed by atoms with van der Waals surface area (Å²) in [5, 5.41) is 0. The van der Waals surface area contributed by atoms with Gasteiger partial charge in [-0.2, -0.15) is 0 Å². The first-order chi connectivity index (χ1) is 8.58. The molecule has 2 aliphatic rings. The van der Waals surface area contributed by atoms with E-state index in [0.717, 1.165) is 5.92 Å². The number of fused-ring (bicyclic) bond motifs is 1. The van der Waals surface area contributed by atoms with Crippen LogP contribution in [0.5, 0.6) is 0 Å². The Morgan fingerprint density at radius 3 is 3.06 bits per heavy atom. The maximum atomic E-state index is 11.6. The third-order valence-electron chi connectivity index (χ3n) is 4.99. The quantitative estimate of drug-likeness (QED) is 0.554. The molecule has 1 fully saturated rings. The van der Waals surface area contributed by atoms with Crippen LogP contribution in [0.25, 0.3) is 0 Å². The fourth-order valence-electron chi connectivity index (χ4n) is 4.01. The van der Waals surface area contributed by atoms with Crippen molar-refractivity contribution in [3.63, 3.8) is 0 Å². The Hall–Kier alpha value is -0.790. The van der Waals surface area contributed by atoms with Gasteiger partial charge in [0.15, 0.2) is 0 Å². The van der Waals surface area contributed by atoms with Crippen LogP contribution in [0.4, 0.5) is 0 Å². The molecule has 0 aromatic carbocycles. The van der Waals surface area contributed by atoms with Crippen molar-refractivity contribution < 1.29 is 9.53 Å². The van der Waals surface area contributed by atoms with Crippen LogP contribution in [0.2, 0.25) is 0 Å². The number of ether oxygens (including phenoxy) is 1. The summed E-state index contributed by atoms with van der Waals surface area (Å²) in [6.07, 6.45) is 9.57. The molecule has 0 aromatic rings. The van der Waals surface area contributed by atoms with Gasteiger partial charge < -0.3 is 4.74 Å². The maximum absolute atomic E-state index is 11.6. The van der Waals surface area contributed by atoms with Gasteiger partial charge in [0.25, 0.3) is 0 Å². The summed E-state index contributed by atoms with van der Waals surface area (Å²) in [6, 6.07) is 0.